The Morgan fingerprint density at radius 2 is 1.93 bits per heavy atom. The molecule has 0 atom stereocenters. The van der Waals surface area contributed by atoms with Gasteiger partial charge in [-0.15, -0.1) is 0 Å². The fourth-order valence-electron chi connectivity index (χ4n) is 2.75. The number of amides is 2. The Bertz CT molecular complexity index is 1040. The molecule has 1 fully saturated rings. The van der Waals surface area contributed by atoms with Gasteiger partial charge in [0, 0.05) is 31.0 Å². The molecule has 30 heavy (non-hydrogen) atoms. The number of carbonyl (C=O) groups excluding carboxylic acids is 3. The summed E-state index contributed by atoms with van der Waals surface area (Å²) in [7, 11) is -3.92. The first-order valence-corrected chi connectivity index (χ1v) is 10.5. The first-order chi connectivity index (χ1) is 14.4. The first kappa shape index (κ1) is 21.4. The molecule has 10 nitrogen and oxygen atoms in total. The third-order valence-corrected chi connectivity index (χ3v) is 6.12. The van der Waals surface area contributed by atoms with Crippen molar-refractivity contribution in [3.8, 4) is 0 Å². The van der Waals surface area contributed by atoms with Crippen LogP contribution in [0.2, 0.25) is 0 Å². The van der Waals surface area contributed by atoms with Crippen LogP contribution in [-0.4, -0.2) is 68.3 Å². The van der Waals surface area contributed by atoms with E-state index in [-0.39, 0.29) is 55.1 Å². The van der Waals surface area contributed by atoms with Crippen molar-refractivity contribution in [2.24, 2.45) is 0 Å². The molecule has 0 saturated carbocycles. The van der Waals surface area contributed by atoms with Crippen LogP contribution < -0.4 is 10.6 Å². The van der Waals surface area contributed by atoms with Gasteiger partial charge in [0.1, 0.15) is 6.61 Å². The fourth-order valence-corrected chi connectivity index (χ4v) is 4.19. The molecule has 1 aromatic carbocycles. The normalized spacial score (nSPS) is 14.6. The van der Waals surface area contributed by atoms with Crippen LogP contribution in [0.4, 0.5) is 0 Å². The van der Waals surface area contributed by atoms with Crippen molar-refractivity contribution in [2.75, 3.05) is 32.8 Å². The fraction of sp³-hybridized carbons (Fsp3) is 0.263. The number of pyridine rings is 1. The van der Waals surface area contributed by atoms with Gasteiger partial charge < -0.3 is 15.4 Å². The number of rotatable bonds is 7. The standard InChI is InChI=1S/C19H20N4O6S/c24-17-13-23(10-8-21-17)30(27,28)16-3-1-2-15(12-16)19(26)29-11-9-22-18(25)14-4-6-20-7-5-14/h1-7,12H,8-11,13H2,(H,21,24)(H,22,25). The molecule has 1 saturated heterocycles. The predicted molar refractivity (Wildman–Crippen MR) is 105 cm³/mol. The highest BCUT2D eigenvalue weighted by atomic mass is 32.2. The molecule has 1 aromatic heterocycles. The molecule has 2 heterocycles. The van der Waals surface area contributed by atoms with Gasteiger partial charge >= 0.3 is 5.97 Å². The lowest BCUT2D eigenvalue weighted by Gasteiger charge is -2.26. The third kappa shape index (κ3) is 5.19. The van der Waals surface area contributed by atoms with E-state index in [1.165, 1.54) is 36.7 Å². The van der Waals surface area contributed by atoms with Crippen LogP contribution in [0.25, 0.3) is 0 Å². The van der Waals surface area contributed by atoms with Gasteiger partial charge in [0.05, 0.1) is 23.5 Å². The smallest absolute Gasteiger partial charge is 0.338 e. The summed E-state index contributed by atoms with van der Waals surface area (Å²) in [6.07, 6.45) is 2.98. The third-order valence-electron chi connectivity index (χ3n) is 4.27. The van der Waals surface area contributed by atoms with Crippen molar-refractivity contribution in [2.45, 2.75) is 4.90 Å². The first-order valence-electron chi connectivity index (χ1n) is 9.10. The molecular formula is C19H20N4O6S. The SMILES string of the molecule is O=C1CN(S(=O)(=O)c2cccc(C(=O)OCCNC(=O)c3ccncc3)c2)CCN1. The van der Waals surface area contributed by atoms with Crippen LogP contribution in [-0.2, 0) is 19.6 Å². The van der Waals surface area contributed by atoms with E-state index in [1.807, 2.05) is 0 Å². The molecule has 3 rings (SSSR count). The van der Waals surface area contributed by atoms with Crippen molar-refractivity contribution in [3.63, 3.8) is 0 Å². The largest absolute Gasteiger partial charge is 0.460 e. The van der Waals surface area contributed by atoms with Crippen LogP contribution >= 0.6 is 0 Å². The summed E-state index contributed by atoms with van der Waals surface area (Å²) < 4.78 is 31.6. The number of sulfonamides is 1. The minimum Gasteiger partial charge on any atom is -0.460 e. The zero-order chi connectivity index (χ0) is 21.6. The molecule has 0 spiro atoms. The van der Waals surface area contributed by atoms with Gasteiger partial charge in [0.15, 0.2) is 0 Å². The minimum atomic E-state index is -3.92. The van der Waals surface area contributed by atoms with Gasteiger partial charge in [-0.1, -0.05) is 6.07 Å². The molecule has 0 unspecified atom stereocenters. The van der Waals surface area contributed by atoms with Gasteiger partial charge in [-0.3, -0.25) is 14.6 Å². The monoisotopic (exact) mass is 432 g/mol. The Balaban J connectivity index is 1.56. The van der Waals surface area contributed by atoms with Crippen LogP contribution in [0.5, 0.6) is 0 Å². The Hall–Kier alpha value is -3.31. The molecular weight excluding hydrogens is 412 g/mol. The van der Waals surface area contributed by atoms with Crippen LogP contribution in [0.3, 0.4) is 0 Å². The van der Waals surface area contributed by atoms with Gasteiger partial charge in [-0.2, -0.15) is 4.31 Å². The topological polar surface area (TPSA) is 135 Å². The number of esters is 1. The number of hydrogen-bond acceptors (Lipinski definition) is 7. The minimum absolute atomic E-state index is 0.0537. The lowest BCUT2D eigenvalue weighted by atomic mass is 10.2. The van der Waals surface area contributed by atoms with Crippen molar-refractivity contribution >= 4 is 27.8 Å². The molecule has 158 valence electrons. The maximum atomic E-state index is 12.7. The summed E-state index contributed by atoms with van der Waals surface area (Å²) in [4.78, 5) is 39.4. The highest BCUT2D eigenvalue weighted by molar-refractivity contribution is 7.89. The molecule has 2 amide bonds. The van der Waals surface area contributed by atoms with E-state index in [9.17, 15) is 22.8 Å². The van der Waals surface area contributed by atoms with Crippen LogP contribution in [0.15, 0.2) is 53.7 Å². The van der Waals surface area contributed by atoms with Crippen molar-refractivity contribution < 1.29 is 27.5 Å². The lowest BCUT2D eigenvalue weighted by molar-refractivity contribution is -0.122. The van der Waals surface area contributed by atoms with Crippen molar-refractivity contribution in [1.29, 1.82) is 0 Å². The Kier molecular flexibility index (Phi) is 6.75. The highest BCUT2D eigenvalue weighted by Gasteiger charge is 2.29. The number of carbonyl (C=O) groups is 3. The second-order valence-corrected chi connectivity index (χ2v) is 8.28. The number of ether oxygens (including phenoxy) is 1. The second kappa shape index (κ2) is 9.46. The highest BCUT2D eigenvalue weighted by Crippen LogP contribution is 2.18. The molecule has 1 aliphatic rings. The van der Waals surface area contributed by atoms with Gasteiger partial charge in [-0.25, -0.2) is 13.2 Å². The summed E-state index contributed by atoms with van der Waals surface area (Å²) in [6.45, 7) is 0.117. The summed E-state index contributed by atoms with van der Waals surface area (Å²) in [6, 6.07) is 8.53. The average Bonchev–Trinajstić information content (AvgIpc) is 2.77. The maximum absolute atomic E-state index is 12.7. The zero-order valence-corrected chi connectivity index (χ0v) is 16.7. The Morgan fingerprint density at radius 1 is 1.17 bits per heavy atom. The Labute approximate surface area is 173 Å². The molecule has 1 aliphatic heterocycles. The summed E-state index contributed by atoms with van der Waals surface area (Å²) in [5, 5.41) is 5.16. The van der Waals surface area contributed by atoms with Crippen LogP contribution in [0.1, 0.15) is 20.7 Å². The second-order valence-electron chi connectivity index (χ2n) is 6.34. The van der Waals surface area contributed by atoms with Gasteiger partial charge in [0.25, 0.3) is 5.91 Å². The average molecular weight is 432 g/mol. The summed E-state index contributed by atoms with van der Waals surface area (Å²) >= 11 is 0. The molecule has 0 aliphatic carbocycles. The molecule has 2 aromatic rings. The molecule has 0 bridgehead atoms. The van der Waals surface area contributed by atoms with E-state index < -0.39 is 16.0 Å². The number of nitrogens with zero attached hydrogens (tertiary/aromatic N) is 2. The quantitative estimate of drug-likeness (QED) is 0.457. The predicted octanol–water partition coefficient (Wildman–Crippen LogP) is -0.211. The zero-order valence-electron chi connectivity index (χ0n) is 15.9. The molecule has 11 heteroatoms. The van der Waals surface area contributed by atoms with E-state index in [0.717, 1.165) is 4.31 Å². The molecule has 0 radical (unpaired) electrons. The van der Waals surface area contributed by atoms with E-state index in [0.29, 0.717) is 5.56 Å². The molecule has 2 N–H and O–H groups in total. The Morgan fingerprint density at radius 3 is 2.67 bits per heavy atom. The van der Waals surface area contributed by atoms with E-state index in [4.69, 9.17) is 4.74 Å². The van der Waals surface area contributed by atoms with Crippen molar-refractivity contribution in [1.82, 2.24) is 19.9 Å². The number of nitrogens with one attached hydrogen (secondary N) is 2. The number of aromatic nitrogens is 1. The number of benzene rings is 1. The summed E-state index contributed by atoms with van der Waals surface area (Å²) in [5.41, 5.74) is 0.485. The van der Waals surface area contributed by atoms with Crippen LogP contribution in [0, 0.1) is 0 Å². The number of piperazine rings is 1. The lowest BCUT2D eigenvalue weighted by Crippen LogP contribution is -2.49. The van der Waals surface area contributed by atoms with Gasteiger partial charge in [0.2, 0.25) is 15.9 Å². The maximum Gasteiger partial charge on any atom is 0.338 e. The summed E-state index contributed by atoms with van der Waals surface area (Å²) in [5.74, 6) is -1.43. The number of hydrogen-bond donors (Lipinski definition) is 2. The van der Waals surface area contributed by atoms with E-state index in [1.54, 1.807) is 12.1 Å². The van der Waals surface area contributed by atoms with Crippen molar-refractivity contribution in [3.05, 3.63) is 59.9 Å². The van der Waals surface area contributed by atoms with E-state index >= 15 is 0 Å². The van der Waals surface area contributed by atoms with E-state index in [2.05, 4.69) is 15.6 Å². The van der Waals surface area contributed by atoms with Gasteiger partial charge in [-0.05, 0) is 30.3 Å².